The molecule has 2 aromatic rings. The summed E-state index contributed by atoms with van der Waals surface area (Å²) < 4.78 is 1.71. The zero-order chi connectivity index (χ0) is 20.4. The molecule has 1 aromatic heterocycles. The third-order valence-electron chi connectivity index (χ3n) is 6.17. The second kappa shape index (κ2) is 8.35. The zero-order valence-electron chi connectivity index (χ0n) is 17.3. The number of rotatable bonds is 3. The second-order valence-electron chi connectivity index (χ2n) is 8.22. The number of benzene rings is 1. The minimum atomic E-state index is -0.0928. The van der Waals surface area contributed by atoms with E-state index in [1.807, 2.05) is 47.9 Å². The van der Waals surface area contributed by atoms with Crippen LogP contribution in [0.5, 0.6) is 0 Å². The zero-order valence-corrected chi connectivity index (χ0v) is 17.3. The molecule has 2 aliphatic rings. The van der Waals surface area contributed by atoms with E-state index in [-0.39, 0.29) is 17.7 Å². The number of carbonyl (C=O) groups is 2. The molecule has 2 fully saturated rings. The van der Waals surface area contributed by atoms with Crippen molar-refractivity contribution < 1.29 is 9.59 Å². The van der Waals surface area contributed by atoms with Gasteiger partial charge in [-0.2, -0.15) is 0 Å². The molecular formula is C22H29N5O2. The standard InChI is InChI=1S/C22H29N5O2/c1-16-6-8-19(9-7-16)27-17(2)20(23-24-27)22(29)26-14-10-18(11-15-26)21(28)25-12-4-3-5-13-25/h6-9,18H,3-5,10-15H2,1-2H3. The lowest BCUT2D eigenvalue weighted by Crippen LogP contribution is -2.45. The van der Waals surface area contributed by atoms with Gasteiger partial charge in [0, 0.05) is 32.1 Å². The molecule has 7 nitrogen and oxygen atoms in total. The molecule has 2 saturated heterocycles. The third-order valence-corrected chi connectivity index (χ3v) is 6.17. The molecule has 2 amide bonds. The second-order valence-corrected chi connectivity index (χ2v) is 8.22. The van der Waals surface area contributed by atoms with E-state index in [0.717, 1.165) is 50.2 Å². The first-order chi connectivity index (χ1) is 14.0. The summed E-state index contributed by atoms with van der Waals surface area (Å²) in [4.78, 5) is 29.6. The van der Waals surface area contributed by atoms with Gasteiger partial charge >= 0.3 is 0 Å². The van der Waals surface area contributed by atoms with Crippen LogP contribution in [0.2, 0.25) is 0 Å². The van der Waals surface area contributed by atoms with Crippen molar-refractivity contribution in [2.24, 2.45) is 5.92 Å². The predicted octanol–water partition coefficient (Wildman–Crippen LogP) is 2.75. The molecule has 0 radical (unpaired) electrons. The summed E-state index contributed by atoms with van der Waals surface area (Å²) in [6.07, 6.45) is 4.90. The van der Waals surface area contributed by atoms with Crippen LogP contribution in [0.15, 0.2) is 24.3 Å². The fraction of sp³-hybridized carbons (Fsp3) is 0.545. The maximum Gasteiger partial charge on any atom is 0.276 e. The average Bonchev–Trinajstić information content (AvgIpc) is 3.15. The van der Waals surface area contributed by atoms with E-state index in [1.165, 1.54) is 12.0 Å². The lowest BCUT2D eigenvalue weighted by molar-refractivity contribution is -0.137. The summed E-state index contributed by atoms with van der Waals surface area (Å²) >= 11 is 0. The van der Waals surface area contributed by atoms with Crippen molar-refractivity contribution in [1.82, 2.24) is 24.8 Å². The summed E-state index contributed by atoms with van der Waals surface area (Å²) in [5.41, 5.74) is 3.20. The Morgan fingerprint density at radius 1 is 0.897 bits per heavy atom. The number of amides is 2. The van der Waals surface area contributed by atoms with Crippen LogP contribution in [0.1, 0.15) is 53.8 Å². The smallest absolute Gasteiger partial charge is 0.276 e. The number of hydrogen-bond donors (Lipinski definition) is 0. The molecule has 0 N–H and O–H groups in total. The van der Waals surface area contributed by atoms with Gasteiger partial charge in [-0.05, 0) is 58.1 Å². The molecule has 0 unspecified atom stereocenters. The Balaban J connectivity index is 1.40. The van der Waals surface area contributed by atoms with Crippen molar-refractivity contribution in [3.05, 3.63) is 41.2 Å². The summed E-state index contributed by atoms with van der Waals surface area (Å²) in [6.45, 7) is 6.88. The molecule has 0 saturated carbocycles. The van der Waals surface area contributed by atoms with E-state index in [0.29, 0.717) is 18.8 Å². The molecule has 2 aliphatic heterocycles. The van der Waals surface area contributed by atoms with Crippen LogP contribution in [0.3, 0.4) is 0 Å². The first-order valence-corrected chi connectivity index (χ1v) is 10.6. The van der Waals surface area contributed by atoms with Crippen molar-refractivity contribution in [2.45, 2.75) is 46.0 Å². The maximum atomic E-state index is 13.0. The van der Waals surface area contributed by atoms with Crippen molar-refractivity contribution in [2.75, 3.05) is 26.2 Å². The molecule has 1 aromatic carbocycles. The third kappa shape index (κ3) is 4.04. The van der Waals surface area contributed by atoms with Crippen LogP contribution >= 0.6 is 0 Å². The van der Waals surface area contributed by atoms with E-state index >= 15 is 0 Å². The first kappa shape index (κ1) is 19.6. The molecule has 3 heterocycles. The first-order valence-electron chi connectivity index (χ1n) is 10.6. The summed E-state index contributed by atoms with van der Waals surface area (Å²) in [7, 11) is 0. The van der Waals surface area contributed by atoms with Crippen LogP contribution < -0.4 is 0 Å². The Morgan fingerprint density at radius 3 is 2.21 bits per heavy atom. The highest BCUT2D eigenvalue weighted by Gasteiger charge is 2.32. The topological polar surface area (TPSA) is 71.3 Å². The maximum absolute atomic E-state index is 13.0. The Kier molecular flexibility index (Phi) is 5.65. The largest absolute Gasteiger partial charge is 0.342 e. The van der Waals surface area contributed by atoms with Crippen LogP contribution in [-0.4, -0.2) is 62.8 Å². The Bertz CT molecular complexity index is 875. The molecular weight excluding hydrogens is 366 g/mol. The highest BCUT2D eigenvalue weighted by Crippen LogP contribution is 2.23. The SMILES string of the molecule is Cc1ccc(-n2nnc(C(=O)N3CCC(C(=O)N4CCCCC4)CC3)c2C)cc1. The number of hydrogen-bond acceptors (Lipinski definition) is 4. The number of carbonyl (C=O) groups excluding carboxylic acids is 2. The van der Waals surface area contributed by atoms with Crippen LogP contribution in [0, 0.1) is 19.8 Å². The van der Waals surface area contributed by atoms with Crippen molar-refractivity contribution in [3.63, 3.8) is 0 Å². The molecule has 29 heavy (non-hydrogen) atoms. The van der Waals surface area contributed by atoms with Gasteiger partial charge in [-0.25, -0.2) is 4.68 Å². The Morgan fingerprint density at radius 2 is 1.55 bits per heavy atom. The van der Waals surface area contributed by atoms with Crippen LogP contribution in [0.4, 0.5) is 0 Å². The van der Waals surface area contributed by atoms with E-state index in [1.54, 1.807) is 4.68 Å². The lowest BCUT2D eigenvalue weighted by Gasteiger charge is -2.35. The lowest BCUT2D eigenvalue weighted by atomic mass is 9.94. The van der Waals surface area contributed by atoms with Gasteiger partial charge in [-0.3, -0.25) is 9.59 Å². The van der Waals surface area contributed by atoms with Gasteiger partial charge < -0.3 is 9.80 Å². The van der Waals surface area contributed by atoms with E-state index in [4.69, 9.17) is 0 Å². The molecule has 0 bridgehead atoms. The van der Waals surface area contributed by atoms with Gasteiger partial charge in [0.05, 0.1) is 11.4 Å². The molecule has 154 valence electrons. The van der Waals surface area contributed by atoms with Gasteiger partial charge in [0.1, 0.15) is 0 Å². The van der Waals surface area contributed by atoms with Crippen LogP contribution in [0.25, 0.3) is 5.69 Å². The van der Waals surface area contributed by atoms with Gasteiger partial charge in [0.25, 0.3) is 5.91 Å². The van der Waals surface area contributed by atoms with Crippen molar-refractivity contribution in [3.8, 4) is 5.69 Å². The van der Waals surface area contributed by atoms with E-state index < -0.39 is 0 Å². The predicted molar refractivity (Wildman–Crippen MR) is 110 cm³/mol. The molecule has 4 rings (SSSR count). The van der Waals surface area contributed by atoms with E-state index in [9.17, 15) is 9.59 Å². The Labute approximate surface area is 171 Å². The van der Waals surface area contributed by atoms with Crippen molar-refractivity contribution >= 4 is 11.8 Å². The van der Waals surface area contributed by atoms with Gasteiger partial charge in [0.2, 0.25) is 5.91 Å². The highest BCUT2D eigenvalue weighted by molar-refractivity contribution is 5.93. The number of likely N-dealkylation sites (tertiary alicyclic amines) is 2. The molecule has 0 aliphatic carbocycles. The molecule has 7 heteroatoms. The Hall–Kier alpha value is -2.70. The quantitative estimate of drug-likeness (QED) is 0.801. The number of aryl methyl sites for hydroxylation is 1. The number of piperidine rings is 2. The molecule has 0 spiro atoms. The van der Waals surface area contributed by atoms with Crippen LogP contribution in [-0.2, 0) is 4.79 Å². The van der Waals surface area contributed by atoms with Crippen molar-refractivity contribution in [1.29, 1.82) is 0 Å². The number of aromatic nitrogens is 3. The summed E-state index contributed by atoms with van der Waals surface area (Å²) in [5, 5.41) is 8.36. The van der Waals surface area contributed by atoms with E-state index in [2.05, 4.69) is 10.3 Å². The van der Waals surface area contributed by atoms with Gasteiger partial charge in [0.15, 0.2) is 5.69 Å². The number of nitrogens with zero attached hydrogens (tertiary/aromatic N) is 5. The minimum Gasteiger partial charge on any atom is -0.342 e. The monoisotopic (exact) mass is 395 g/mol. The normalized spacial score (nSPS) is 18.1. The highest BCUT2D eigenvalue weighted by atomic mass is 16.2. The van der Waals surface area contributed by atoms with Gasteiger partial charge in [-0.1, -0.05) is 22.9 Å². The fourth-order valence-electron chi connectivity index (χ4n) is 4.31. The summed E-state index contributed by atoms with van der Waals surface area (Å²) in [5.74, 6) is 0.226. The molecule has 0 atom stereocenters. The minimum absolute atomic E-state index is 0.0430. The fourth-order valence-corrected chi connectivity index (χ4v) is 4.31. The summed E-state index contributed by atoms with van der Waals surface area (Å²) in [6, 6.07) is 7.98. The average molecular weight is 396 g/mol. The van der Waals surface area contributed by atoms with Gasteiger partial charge in [-0.15, -0.1) is 5.10 Å².